The van der Waals surface area contributed by atoms with Crippen LogP contribution in [0.4, 0.5) is 0 Å². The summed E-state index contributed by atoms with van der Waals surface area (Å²) >= 11 is 0. The monoisotopic (exact) mass is 339 g/mol. The van der Waals surface area contributed by atoms with Gasteiger partial charge >= 0.3 is 0 Å². The molecule has 1 saturated carbocycles. The summed E-state index contributed by atoms with van der Waals surface area (Å²) in [6.45, 7) is 1.75. The quantitative estimate of drug-likeness (QED) is 0.863. The van der Waals surface area contributed by atoms with Crippen molar-refractivity contribution in [3.63, 3.8) is 0 Å². The molecule has 4 rings (SSSR count). The molecule has 5 nitrogen and oxygen atoms in total. The molecule has 0 unspecified atom stereocenters. The maximum Gasteiger partial charge on any atom is 0.261 e. The van der Waals surface area contributed by atoms with Crippen LogP contribution in [0.1, 0.15) is 56.7 Å². The van der Waals surface area contributed by atoms with Gasteiger partial charge in [-0.25, -0.2) is 4.98 Å². The van der Waals surface area contributed by atoms with E-state index >= 15 is 0 Å². The van der Waals surface area contributed by atoms with Crippen LogP contribution < -0.4 is 5.56 Å². The molecule has 1 aliphatic heterocycles. The van der Waals surface area contributed by atoms with Crippen molar-refractivity contribution in [1.82, 2.24) is 14.5 Å². The number of likely N-dealkylation sites (tertiary alicyclic amines) is 1. The molecule has 1 amide bonds. The molecule has 0 atom stereocenters. The first kappa shape index (κ1) is 16.3. The van der Waals surface area contributed by atoms with Crippen molar-refractivity contribution >= 4 is 16.8 Å². The fraction of sp³-hybridized carbons (Fsp3) is 0.550. The van der Waals surface area contributed by atoms with Crippen LogP contribution in [0.2, 0.25) is 0 Å². The molecule has 0 spiro atoms. The SMILES string of the molecule is O=C(Cn1c(C2CCCCC2)nc2ccccc2c1=O)N1CCCC1. The number of rotatable bonds is 3. The average molecular weight is 339 g/mol. The van der Waals surface area contributed by atoms with Crippen molar-refractivity contribution < 1.29 is 4.79 Å². The van der Waals surface area contributed by atoms with Crippen molar-refractivity contribution in [2.24, 2.45) is 0 Å². The van der Waals surface area contributed by atoms with Crippen LogP contribution in [0.15, 0.2) is 29.1 Å². The number of hydrogen-bond acceptors (Lipinski definition) is 3. The van der Waals surface area contributed by atoms with E-state index in [2.05, 4.69) is 0 Å². The second-order valence-corrected chi connectivity index (χ2v) is 7.30. The first-order valence-corrected chi connectivity index (χ1v) is 9.51. The second kappa shape index (κ2) is 6.98. The fourth-order valence-electron chi connectivity index (χ4n) is 4.21. The Hall–Kier alpha value is -2.17. The summed E-state index contributed by atoms with van der Waals surface area (Å²) in [6.07, 6.45) is 7.84. The summed E-state index contributed by atoms with van der Waals surface area (Å²) < 4.78 is 1.67. The summed E-state index contributed by atoms with van der Waals surface area (Å²) in [5, 5.41) is 0.608. The molecule has 1 aliphatic carbocycles. The van der Waals surface area contributed by atoms with Gasteiger partial charge in [0.15, 0.2) is 0 Å². The molecule has 1 saturated heterocycles. The smallest absolute Gasteiger partial charge is 0.261 e. The van der Waals surface area contributed by atoms with Crippen molar-refractivity contribution in [2.45, 2.75) is 57.4 Å². The molecule has 132 valence electrons. The lowest BCUT2D eigenvalue weighted by Crippen LogP contribution is -2.37. The molecular weight excluding hydrogens is 314 g/mol. The summed E-state index contributed by atoms with van der Waals surface area (Å²) in [6, 6.07) is 7.49. The highest BCUT2D eigenvalue weighted by Gasteiger charge is 2.25. The van der Waals surface area contributed by atoms with Gasteiger partial charge in [-0.2, -0.15) is 0 Å². The minimum atomic E-state index is -0.0706. The van der Waals surface area contributed by atoms with Crippen LogP contribution >= 0.6 is 0 Å². The van der Waals surface area contributed by atoms with Crippen LogP contribution in [0.3, 0.4) is 0 Å². The van der Waals surface area contributed by atoms with Crippen LogP contribution in [-0.4, -0.2) is 33.4 Å². The number of benzene rings is 1. The van der Waals surface area contributed by atoms with Crippen molar-refractivity contribution in [3.05, 3.63) is 40.4 Å². The van der Waals surface area contributed by atoms with E-state index in [4.69, 9.17) is 4.98 Å². The Morgan fingerprint density at radius 1 is 1.04 bits per heavy atom. The van der Waals surface area contributed by atoms with Gasteiger partial charge in [-0.15, -0.1) is 0 Å². The minimum absolute atomic E-state index is 0.0498. The van der Waals surface area contributed by atoms with E-state index in [9.17, 15) is 9.59 Å². The fourth-order valence-corrected chi connectivity index (χ4v) is 4.21. The van der Waals surface area contributed by atoms with Crippen molar-refractivity contribution in [3.8, 4) is 0 Å². The lowest BCUT2D eigenvalue weighted by molar-refractivity contribution is -0.130. The Kier molecular flexibility index (Phi) is 4.55. The van der Waals surface area contributed by atoms with Gasteiger partial charge in [0.1, 0.15) is 12.4 Å². The number of carbonyl (C=O) groups excluding carboxylic acids is 1. The molecule has 2 aliphatic rings. The second-order valence-electron chi connectivity index (χ2n) is 7.30. The van der Waals surface area contributed by atoms with Gasteiger partial charge in [0, 0.05) is 19.0 Å². The third kappa shape index (κ3) is 3.20. The number of hydrogen-bond donors (Lipinski definition) is 0. The molecule has 25 heavy (non-hydrogen) atoms. The van der Waals surface area contributed by atoms with Crippen molar-refractivity contribution in [1.29, 1.82) is 0 Å². The predicted molar refractivity (Wildman–Crippen MR) is 97.6 cm³/mol. The predicted octanol–water partition coefficient (Wildman–Crippen LogP) is 3.07. The zero-order chi connectivity index (χ0) is 17.2. The van der Waals surface area contributed by atoms with E-state index in [0.717, 1.165) is 50.1 Å². The molecule has 0 radical (unpaired) electrons. The summed E-state index contributed by atoms with van der Waals surface area (Å²) in [4.78, 5) is 32.5. The van der Waals surface area contributed by atoms with Crippen LogP contribution in [0, 0.1) is 0 Å². The molecule has 1 aromatic carbocycles. The maximum absolute atomic E-state index is 13.1. The van der Waals surface area contributed by atoms with E-state index in [-0.39, 0.29) is 23.9 Å². The highest BCUT2D eigenvalue weighted by atomic mass is 16.2. The standard InChI is InChI=1S/C20H25N3O2/c24-18(22-12-6-7-13-22)14-23-19(15-8-2-1-3-9-15)21-17-11-5-4-10-16(17)20(23)25/h4-5,10-11,15H,1-3,6-9,12-14H2. The van der Waals surface area contributed by atoms with Gasteiger partial charge in [-0.3, -0.25) is 14.2 Å². The number of nitrogens with zero attached hydrogens (tertiary/aromatic N) is 3. The third-order valence-corrected chi connectivity index (χ3v) is 5.61. The van der Waals surface area contributed by atoms with Crippen LogP contribution in [0.25, 0.3) is 10.9 Å². The van der Waals surface area contributed by atoms with Gasteiger partial charge in [0.05, 0.1) is 10.9 Å². The van der Waals surface area contributed by atoms with E-state index in [1.165, 1.54) is 19.3 Å². The normalized spacial score (nSPS) is 18.8. The lowest BCUT2D eigenvalue weighted by atomic mass is 9.88. The lowest BCUT2D eigenvalue weighted by Gasteiger charge is -2.25. The highest BCUT2D eigenvalue weighted by Crippen LogP contribution is 2.31. The molecular formula is C20H25N3O2. The first-order valence-electron chi connectivity index (χ1n) is 9.51. The summed E-state index contributed by atoms with van der Waals surface area (Å²) in [5.41, 5.74) is 0.677. The van der Waals surface area contributed by atoms with E-state index in [1.54, 1.807) is 4.57 Å². The number of para-hydroxylation sites is 1. The first-order chi connectivity index (χ1) is 12.2. The third-order valence-electron chi connectivity index (χ3n) is 5.61. The summed E-state index contributed by atoms with van der Waals surface area (Å²) in [5.74, 6) is 1.15. The molecule has 0 bridgehead atoms. The van der Waals surface area contributed by atoms with Gasteiger partial charge in [0.25, 0.3) is 5.56 Å². The van der Waals surface area contributed by atoms with Crippen LogP contribution in [-0.2, 0) is 11.3 Å². The van der Waals surface area contributed by atoms with E-state index in [0.29, 0.717) is 5.39 Å². The summed E-state index contributed by atoms with van der Waals surface area (Å²) in [7, 11) is 0. The Morgan fingerprint density at radius 3 is 2.52 bits per heavy atom. The molecule has 5 heteroatoms. The Bertz CT molecular complexity index is 830. The van der Waals surface area contributed by atoms with Crippen LogP contribution in [0.5, 0.6) is 0 Å². The Morgan fingerprint density at radius 2 is 1.76 bits per heavy atom. The average Bonchev–Trinajstić information content (AvgIpc) is 3.19. The number of carbonyl (C=O) groups is 1. The van der Waals surface area contributed by atoms with Gasteiger partial charge in [-0.1, -0.05) is 31.4 Å². The number of aromatic nitrogens is 2. The van der Waals surface area contributed by atoms with E-state index in [1.807, 2.05) is 29.2 Å². The largest absolute Gasteiger partial charge is 0.341 e. The highest BCUT2D eigenvalue weighted by molar-refractivity contribution is 5.79. The van der Waals surface area contributed by atoms with Gasteiger partial charge < -0.3 is 4.90 Å². The number of fused-ring (bicyclic) bond motifs is 1. The van der Waals surface area contributed by atoms with Crippen molar-refractivity contribution in [2.75, 3.05) is 13.1 Å². The minimum Gasteiger partial charge on any atom is -0.341 e. The maximum atomic E-state index is 13.1. The van der Waals surface area contributed by atoms with Gasteiger partial charge in [0.2, 0.25) is 5.91 Å². The molecule has 2 fully saturated rings. The Balaban J connectivity index is 1.77. The molecule has 2 heterocycles. The molecule has 1 aromatic heterocycles. The topological polar surface area (TPSA) is 55.2 Å². The number of amides is 1. The zero-order valence-corrected chi connectivity index (χ0v) is 14.6. The Labute approximate surface area is 147 Å². The zero-order valence-electron chi connectivity index (χ0n) is 14.6. The van der Waals surface area contributed by atoms with E-state index < -0.39 is 0 Å². The van der Waals surface area contributed by atoms with Gasteiger partial charge in [-0.05, 0) is 37.8 Å². The molecule has 0 N–H and O–H groups in total. The molecule has 2 aromatic rings.